The minimum Gasteiger partial charge on any atom is -0.373 e. The Labute approximate surface area is 183 Å². The van der Waals surface area contributed by atoms with Crippen LogP contribution in [0.15, 0.2) is 4.99 Å². The van der Waals surface area contributed by atoms with Gasteiger partial charge in [0.25, 0.3) is 0 Å². The lowest BCUT2D eigenvalue weighted by Gasteiger charge is -2.45. The zero-order valence-electron chi connectivity index (χ0n) is 18.4. The van der Waals surface area contributed by atoms with Gasteiger partial charge in [-0.05, 0) is 54.4 Å². The van der Waals surface area contributed by atoms with Gasteiger partial charge in [0.2, 0.25) is 0 Å². The van der Waals surface area contributed by atoms with Crippen molar-refractivity contribution in [3.8, 4) is 0 Å². The van der Waals surface area contributed by atoms with Gasteiger partial charge in [-0.15, -0.1) is 24.0 Å². The van der Waals surface area contributed by atoms with Crippen LogP contribution in [0.25, 0.3) is 0 Å². The van der Waals surface area contributed by atoms with Gasteiger partial charge in [-0.3, -0.25) is 9.89 Å². The van der Waals surface area contributed by atoms with Crippen molar-refractivity contribution in [1.82, 2.24) is 20.4 Å². The largest absolute Gasteiger partial charge is 0.373 e. The standard InChI is InChI=1S/C20H41N5O.HI/c1-15(2)24-10-8-18(9-11-24)23-19(21-7)22-14-20(5,6)25-12-16(3)26-17(4)13-25;/h15-18H,8-14H2,1-7H3,(H2,21,22,23);1H. The number of morpholine rings is 1. The fourth-order valence-corrected chi connectivity index (χ4v) is 4.03. The highest BCUT2D eigenvalue weighted by Gasteiger charge is 2.33. The molecule has 2 fully saturated rings. The molecule has 2 aliphatic rings. The van der Waals surface area contributed by atoms with Gasteiger partial charge in [-0.25, -0.2) is 0 Å². The number of ether oxygens (including phenoxy) is 1. The first-order valence-electron chi connectivity index (χ1n) is 10.3. The van der Waals surface area contributed by atoms with E-state index in [9.17, 15) is 0 Å². The number of guanidine groups is 1. The molecule has 0 aliphatic carbocycles. The van der Waals surface area contributed by atoms with Crippen molar-refractivity contribution in [2.75, 3.05) is 39.8 Å². The van der Waals surface area contributed by atoms with Crippen LogP contribution in [0.5, 0.6) is 0 Å². The maximum atomic E-state index is 5.88. The summed E-state index contributed by atoms with van der Waals surface area (Å²) in [6.45, 7) is 18.7. The van der Waals surface area contributed by atoms with E-state index in [0.29, 0.717) is 24.3 Å². The molecule has 0 aromatic carbocycles. The summed E-state index contributed by atoms with van der Waals surface area (Å²) in [5.74, 6) is 0.926. The van der Waals surface area contributed by atoms with Crippen LogP contribution in [0, 0.1) is 0 Å². The zero-order chi connectivity index (χ0) is 19.3. The number of piperidine rings is 1. The highest BCUT2D eigenvalue weighted by molar-refractivity contribution is 14.0. The first kappa shape index (κ1) is 24.9. The average Bonchev–Trinajstić information content (AvgIpc) is 2.58. The molecule has 0 saturated carbocycles. The molecule has 7 heteroatoms. The van der Waals surface area contributed by atoms with Crippen LogP contribution in [0.4, 0.5) is 0 Å². The number of rotatable bonds is 5. The van der Waals surface area contributed by atoms with E-state index in [1.807, 2.05) is 7.05 Å². The van der Waals surface area contributed by atoms with E-state index < -0.39 is 0 Å². The maximum absolute atomic E-state index is 5.88. The van der Waals surface area contributed by atoms with Gasteiger partial charge >= 0.3 is 0 Å². The number of likely N-dealkylation sites (tertiary alicyclic amines) is 1. The predicted octanol–water partition coefficient (Wildman–Crippen LogP) is 2.53. The lowest BCUT2D eigenvalue weighted by atomic mass is 10.00. The molecule has 2 heterocycles. The van der Waals surface area contributed by atoms with Gasteiger partial charge in [-0.1, -0.05) is 0 Å². The van der Waals surface area contributed by atoms with E-state index in [1.165, 1.54) is 25.9 Å². The molecule has 0 spiro atoms. The molecule has 27 heavy (non-hydrogen) atoms. The van der Waals surface area contributed by atoms with E-state index in [4.69, 9.17) is 4.74 Å². The van der Waals surface area contributed by atoms with E-state index >= 15 is 0 Å². The quantitative estimate of drug-likeness (QED) is 0.349. The summed E-state index contributed by atoms with van der Waals surface area (Å²) in [6.07, 6.45) is 2.95. The van der Waals surface area contributed by atoms with E-state index in [2.05, 4.69) is 67.0 Å². The van der Waals surface area contributed by atoms with Crippen molar-refractivity contribution in [3.05, 3.63) is 0 Å². The van der Waals surface area contributed by atoms with Gasteiger partial charge < -0.3 is 20.3 Å². The van der Waals surface area contributed by atoms with Crippen LogP contribution in [0.1, 0.15) is 54.4 Å². The van der Waals surface area contributed by atoms with Gasteiger partial charge in [-0.2, -0.15) is 0 Å². The van der Waals surface area contributed by atoms with Crippen molar-refractivity contribution in [3.63, 3.8) is 0 Å². The second kappa shape index (κ2) is 11.2. The molecular formula is C20H42IN5O. The molecule has 2 aliphatic heterocycles. The maximum Gasteiger partial charge on any atom is 0.191 e. The number of hydrogen-bond acceptors (Lipinski definition) is 4. The van der Waals surface area contributed by atoms with Crippen LogP contribution in [0.3, 0.4) is 0 Å². The molecule has 0 bridgehead atoms. The number of aliphatic imine (C=N–C) groups is 1. The van der Waals surface area contributed by atoms with Gasteiger partial charge in [0, 0.05) is 57.4 Å². The minimum atomic E-state index is 0. The van der Waals surface area contributed by atoms with Crippen LogP contribution >= 0.6 is 24.0 Å². The molecule has 2 atom stereocenters. The monoisotopic (exact) mass is 495 g/mol. The summed E-state index contributed by atoms with van der Waals surface area (Å²) in [4.78, 5) is 9.54. The summed E-state index contributed by atoms with van der Waals surface area (Å²) in [6, 6.07) is 1.16. The number of halogens is 1. The lowest BCUT2D eigenvalue weighted by Crippen LogP contribution is -2.60. The number of hydrogen-bond donors (Lipinski definition) is 2. The molecule has 2 N–H and O–H groups in total. The third-order valence-electron chi connectivity index (χ3n) is 5.79. The third-order valence-corrected chi connectivity index (χ3v) is 5.79. The Morgan fingerprint density at radius 1 is 1.15 bits per heavy atom. The van der Waals surface area contributed by atoms with Crippen LogP contribution in [-0.2, 0) is 4.74 Å². The smallest absolute Gasteiger partial charge is 0.191 e. The molecule has 2 rings (SSSR count). The van der Waals surface area contributed by atoms with Crippen molar-refractivity contribution in [1.29, 1.82) is 0 Å². The fourth-order valence-electron chi connectivity index (χ4n) is 4.03. The molecule has 0 amide bonds. The molecular weight excluding hydrogens is 453 g/mol. The Balaban J connectivity index is 0.00000364. The highest BCUT2D eigenvalue weighted by atomic mass is 127. The lowest BCUT2D eigenvalue weighted by molar-refractivity contribution is -0.0946. The zero-order valence-corrected chi connectivity index (χ0v) is 20.7. The summed E-state index contributed by atoms with van der Waals surface area (Å²) in [5, 5.41) is 7.19. The van der Waals surface area contributed by atoms with Crippen LogP contribution in [-0.4, -0.2) is 85.4 Å². The molecule has 160 valence electrons. The van der Waals surface area contributed by atoms with Gasteiger partial charge in [0.1, 0.15) is 0 Å². The third kappa shape index (κ3) is 7.66. The van der Waals surface area contributed by atoms with Crippen molar-refractivity contribution in [2.24, 2.45) is 4.99 Å². The van der Waals surface area contributed by atoms with E-state index in [0.717, 1.165) is 25.6 Å². The van der Waals surface area contributed by atoms with Crippen molar-refractivity contribution < 1.29 is 4.74 Å². The second-order valence-electron chi connectivity index (χ2n) is 8.95. The molecule has 2 unspecified atom stereocenters. The number of nitrogens with zero attached hydrogens (tertiary/aromatic N) is 3. The molecule has 0 aromatic rings. The summed E-state index contributed by atoms with van der Waals surface area (Å²) in [5.41, 5.74) is 0.0604. The Bertz CT molecular complexity index is 453. The molecule has 0 aromatic heterocycles. The first-order chi connectivity index (χ1) is 12.2. The fraction of sp³-hybridized carbons (Fsp3) is 0.950. The van der Waals surface area contributed by atoms with Gasteiger partial charge in [0.05, 0.1) is 12.2 Å². The first-order valence-corrected chi connectivity index (χ1v) is 10.3. The van der Waals surface area contributed by atoms with Crippen molar-refractivity contribution >= 4 is 29.9 Å². The Morgan fingerprint density at radius 3 is 2.19 bits per heavy atom. The summed E-state index contributed by atoms with van der Waals surface area (Å²) < 4.78 is 5.88. The predicted molar refractivity (Wildman–Crippen MR) is 125 cm³/mol. The Morgan fingerprint density at radius 2 is 1.70 bits per heavy atom. The van der Waals surface area contributed by atoms with Crippen LogP contribution in [0.2, 0.25) is 0 Å². The second-order valence-corrected chi connectivity index (χ2v) is 8.95. The topological polar surface area (TPSA) is 52.1 Å². The summed E-state index contributed by atoms with van der Waals surface area (Å²) in [7, 11) is 1.87. The molecule has 6 nitrogen and oxygen atoms in total. The van der Waals surface area contributed by atoms with E-state index in [-0.39, 0.29) is 29.5 Å². The van der Waals surface area contributed by atoms with Crippen molar-refractivity contribution in [2.45, 2.75) is 84.2 Å². The minimum absolute atomic E-state index is 0. The molecule has 2 saturated heterocycles. The molecule has 0 radical (unpaired) electrons. The number of nitrogens with one attached hydrogen (secondary N) is 2. The SMILES string of the molecule is CN=C(NCC(C)(C)N1CC(C)OC(C)C1)NC1CCN(C(C)C)CC1.I. The Hall–Kier alpha value is -0.120. The Kier molecular flexibility index (Phi) is 10.3. The van der Waals surface area contributed by atoms with Crippen LogP contribution < -0.4 is 10.6 Å². The average molecular weight is 495 g/mol. The summed E-state index contributed by atoms with van der Waals surface area (Å²) >= 11 is 0. The van der Waals surface area contributed by atoms with E-state index in [1.54, 1.807) is 0 Å². The highest BCUT2D eigenvalue weighted by Crippen LogP contribution is 2.20. The normalized spacial score (nSPS) is 26.7. The van der Waals surface area contributed by atoms with Gasteiger partial charge in [0.15, 0.2) is 5.96 Å².